The summed E-state index contributed by atoms with van der Waals surface area (Å²) in [4.78, 5) is 16.5. The summed E-state index contributed by atoms with van der Waals surface area (Å²) < 4.78 is 13.9. The number of rotatable bonds is 3. The number of nitrogens with zero attached hydrogens (tertiary/aromatic N) is 2. The highest BCUT2D eigenvalue weighted by Crippen LogP contribution is 2.39. The Morgan fingerprint density at radius 3 is 2.80 bits per heavy atom. The fourth-order valence-electron chi connectivity index (χ4n) is 3.08. The van der Waals surface area contributed by atoms with Crippen LogP contribution in [0.25, 0.3) is 0 Å². The molecule has 20 heavy (non-hydrogen) atoms. The maximum atomic E-state index is 13.9. The molecule has 0 spiro atoms. The monoisotopic (exact) mass is 273 g/mol. The van der Waals surface area contributed by atoms with Crippen LogP contribution >= 0.6 is 0 Å². The van der Waals surface area contributed by atoms with Gasteiger partial charge in [-0.25, -0.2) is 9.38 Å². The van der Waals surface area contributed by atoms with Crippen molar-refractivity contribution in [2.24, 2.45) is 10.9 Å². The minimum absolute atomic E-state index is 0.0303. The van der Waals surface area contributed by atoms with Crippen LogP contribution in [0.4, 0.5) is 4.39 Å². The van der Waals surface area contributed by atoms with Gasteiger partial charge in [0.2, 0.25) is 5.78 Å². The zero-order valence-electron chi connectivity index (χ0n) is 11.1. The van der Waals surface area contributed by atoms with Crippen molar-refractivity contribution in [1.29, 1.82) is 0 Å². The van der Waals surface area contributed by atoms with Gasteiger partial charge >= 0.3 is 0 Å². The highest BCUT2D eigenvalue weighted by atomic mass is 19.1. The second-order valence-corrected chi connectivity index (χ2v) is 5.73. The van der Waals surface area contributed by atoms with Crippen LogP contribution in [0.5, 0.6) is 0 Å². The van der Waals surface area contributed by atoms with E-state index in [1.54, 1.807) is 6.07 Å². The summed E-state index contributed by atoms with van der Waals surface area (Å²) in [6, 6.07) is 6.79. The number of amidine groups is 1. The van der Waals surface area contributed by atoms with Gasteiger partial charge in [-0.2, -0.15) is 5.01 Å². The number of hydrazine groups is 1. The summed E-state index contributed by atoms with van der Waals surface area (Å²) in [6.07, 6.45) is 3.62. The lowest BCUT2D eigenvalue weighted by atomic mass is 10.0. The fourth-order valence-corrected chi connectivity index (χ4v) is 3.08. The number of Topliss-reactive ketones (excluding diaryl/α,β-unsaturated/α-hetero) is 1. The highest BCUT2D eigenvalue weighted by Gasteiger charge is 2.43. The Labute approximate surface area is 116 Å². The van der Waals surface area contributed by atoms with Gasteiger partial charge in [-0.1, -0.05) is 18.2 Å². The van der Waals surface area contributed by atoms with E-state index in [0.29, 0.717) is 11.4 Å². The van der Waals surface area contributed by atoms with E-state index in [1.807, 2.05) is 17.1 Å². The van der Waals surface area contributed by atoms with Crippen LogP contribution < -0.4 is 5.43 Å². The largest absolute Gasteiger partial charge is 0.298 e. The van der Waals surface area contributed by atoms with Crippen LogP contribution in [0.2, 0.25) is 0 Å². The number of benzene rings is 1. The van der Waals surface area contributed by atoms with Crippen molar-refractivity contribution in [1.82, 2.24) is 10.4 Å². The third kappa shape index (κ3) is 1.85. The van der Waals surface area contributed by atoms with E-state index >= 15 is 0 Å². The standard InChI is InChI=1S/C15H16FN3O/c16-11-4-2-1-3-10(11)12-7-8-13-17-15(18-19(12)13)14(20)9-5-6-9/h1-4,9,12-13H,5-8H2,(H,17,18)/t12-,13?/m0/s1. The average molecular weight is 273 g/mol. The van der Waals surface area contributed by atoms with E-state index in [9.17, 15) is 9.18 Å². The van der Waals surface area contributed by atoms with Gasteiger partial charge in [-0.05, 0) is 31.7 Å². The van der Waals surface area contributed by atoms with Crippen molar-refractivity contribution in [3.8, 4) is 0 Å². The van der Waals surface area contributed by atoms with Crippen molar-refractivity contribution in [3.63, 3.8) is 0 Å². The van der Waals surface area contributed by atoms with E-state index in [2.05, 4.69) is 10.4 Å². The number of aliphatic imine (C=N–C) groups is 1. The predicted molar refractivity (Wildman–Crippen MR) is 72.3 cm³/mol. The molecule has 3 aliphatic rings. The van der Waals surface area contributed by atoms with Gasteiger partial charge in [0.1, 0.15) is 12.0 Å². The van der Waals surface area contributed by atoms with E-state index in [1.165, 1.54) is 6.07 Å². The van der Waals surface area contributed by atoms with Gasteiger partial charge in [0.25, 0.3) is 0 Å². The van der Waals surface area contributed by atoms with Crippen molar-refractivity contribution >= 4 is 11.6 Å². The Bertz CT molecular complexity index is 597. The number of hydrogen-bond donors (Lipinski definition) is 1. The minimum atomic E-state index is -0.193. The van der Waals surface area contributed by atoms with Crippen LogP contribution in [0.3, 0.4) is 0 Å². The molecule has 0 bridgehead atoms. The van der Waals surface area contributed by atoms with Crippen molar-refractivity contribution < 1.29 is 9.18 Å². The fraction of sp³-hybridized carbons (Fsp3) is 0.467. The number of hydrogen-bond acceptors (Lipinski definition) is 4. The molecule has 4 nitrogen and oxygen atoms in total. The summed E-state index contributed by atoms with van der Waals surface area (Å²) in [6.45, 7) is 0. The summed E-state index contributed by atoms with van der Waals surface area (Å²) in [5.41, 5.74) is 3.80. The molecule has 4 rings (SSSR count). The molecule has 5 heteroatoms. The normalized spacial score (nSPS) is 28.9. The molecule has 0 radical (unpaired) electrons. The lowest BCUT2D eigenvalue weighted by Gasteiger charge is -2.24. The first kappa shape index (κ1) is 12.0. The molecule has 0 aromatic heterocycles. The van der Waals surface area contributed by atoms with Crippen LogP contribution in [0.1, 0.15) is 37.3 Å². The molecule has 1 aromatic carbocycles. The number of carbonyl (C=O) groups is 1. The van der Waals surface area contributed by atoms with Crippen molar-refractivity contribution in [3.05, 3.63) is 35.6 Å². The lowest BCUT2D eigenvalue weighted by Crippen LogP contribution is -2.42. The number of halogens is 1. The molecule has 104 valence electrons. The third-order valence-corrected chi connectivity index (χ3v) is 4.31. The van der Waals surface area contributed by atoms with Gasteiger partial charge in [0.15, 0.2) is 5.84 Å². The molecule has 1 unspecified atom stereocenters. The van der Waals surface area contributed by atoms with Crippen LogP contribution in [0.15, 0.2) is 29.3 Å². The quantitative estimate of drug-likeness (QED) is 0.918. The predicted octanol–water partition coefficient (Wildman–Crippen LogP) is 2.18. The molecule has 1 aromatic rings. The van der Waals surface area contributed by atoms with Crippen LogP contribution in [0, 0.1) is 11.7 Å². The van der Waals surface area contributed by atoms with Crippen LogP contribution in [-0.2, 0) is 4.79 Å². The van der Waals surface area contributed by atoms with Gasteiger partial charge in [0.05, 0.1) is 6.04 Å². The van der Waals surface area contributed by atoms with E-state index in [-0.39, 0.29) is 29.7 Å². The zero-order valence-corrected chi connectivity index (χ0v) is 11.1. The average Bonchev–Trinajstić information content (AvgIpc) is 3.09. The van der Waals surface area contributed by atoms with Gasteiger partial charge in [0, 0.05) is 11.5 Å². The molecule has 0 amide bonds. The Hall–Kier alpha value is -1.75. The van der Waals surface area contributed by atoms with Gasteiger partial charge in [-0.3, -0.25) is 10.2 Å². The number of carbonyl (C=O) groups excluding carboxylic acids is 1. The maximum absolute atomic E-state index is 13.9. The second-order valence-electron chi connectivity index (χ2n) is 5.73. The third-order valence-electron chi connectivity index (χ3n) is 4.31. The smallest absolute Gasteiger partial charge is 0.201 e. The molecular formula is C15H16FN3O. The first-order valence-electron chi connectivity index (χ1n) is 7.15. The highest BCUT2D eigenvalue weighted by molar-refractivity contribution is 6.40. The molecule has 2 aliphatic heterocycles. The Morgan fingerprint density at radius 2 is 2.05 bits per heavy atom. The van der Waals surface area contributed by atoms with E-state index in [0.717, 1.165) is 25.7 Å². The van der Waals surface area contributed by atoms with Gasteiger partial charge in [-0.15, -0.1) is 0 Å². The van der Waals surface area contributed by atoms with E-state index < -0.39 is 0 Å². The summed E-state index contributed by atoms with van der Waals surface area (Å²) in [5.74, 6) is 0.556. The SMILES string of the molecule is O=C(C1=NC2CC[C@@H](c3ccccc3F)N2N1)C1CC1. The number of ketones is 1. The topological polar surface area (TPSA) is 44.7 Å². The first-order valence-corrected chi connectivity index (χ1v) is 7.15. The molecule has 2 fully saturated rings. The van der Waals surface area contributed by atoms with Crippen molar-refractivity contribution in [2.75, 3.05) is 0 Å². The molecular weight excluding hydrogens is 257 g/mol. The first-order chi connectivity index (χ1) is 9.74. The maximum Gasteiger partial charge on any atom is 0.201 e. The number of nitrogens with one attached hydrogen (secondary N) is 1. The molecule has 1 saturated carbocycles. The molecule has 2 heterocycles. The zero-order chi connectivity index (χ0) is 13.7. The summed E-state index contributed by atoms with van der Waals surface area (Å²) >= 11 is 0. The van der Waals surface area contributed by atoms with Crippen molar-refractivity contribution in [2.45, 2.75) is 37.9 Å². The summed E-state index contributed by atoms with van der Waals surface area (Å²) in [5, 5.41) is 1.94. The second kappa shape index (κ2) is 4.38. The van der Waals surface area contributed by atoms with E-state index in [4.69, 9.17) is 0 Å². The molecule has 1 aliphatic carbocycles. The lowest BCUT2D eigenvalue weighted by molar-refractivity contribution is -0.114. The molecule has 1 N–H and O–H groups in total. The van der Waals surface area contributed by atoms with Crippen LogP contribution in [-0.4, -0.2) is 22.8 Å². The summed E-state index contributed by atoms with van der Waals surface area (Å²) in [7, 11) is 0. The Morgan fingerprint density at radius 1 is 1.25 bits per heavy atom. The Kier molecular flexibility index (Phi) is 2.63. The van der Waals surface area contributed by atoms with Gasteiger partial charge < -0.3 is 0 Å². The number of fused-ring (bicyclic) bond motifs is 1. The Balaban J connectivity index is 1.56. The molecule has 2 atom stereocenters. The molecule has 1 saturated heterocycles. The minimum Gasteiger partial charge on any atom is -0.298 e.